The Morgan fingerprint density at radius 1 is 0.970 bits per heavy atom. The molecule has 1 N–H and O–H groups in total. The molecule has 3 rings (SSSR count). The van der Waals surface area contributed by atoms with Gasteiger partial charge < -0.3 is 10.1 Å². The number of anilines is 2. The van der Waals surface area contributed by atoms with Crippen molar-refractivity contribution in [3.8, 4) is 5.75 Å². The van der Waals surface area contributed by atoms with Crippen LogP contribution in [-0.2, 0) is 16.6 Å². The van der Waals surface area contributed by atoms with Crippen molar-refractivity contribution < 1.29 is 17.9 Å². The van der Waals surface area contributed by atoms with Gasteiger partial charge in [0, 0.05) is 5.56 Å². The van der Waals surface area contributed by atoms with Crippen LogP contribution in [0.15, 0.2) is 66.7 Å². The van der Waals surface area contributed by atoms with Gasteiger partial charge in [0.1, 0.15) is 5.75 Å². The quantitative estimate of drug-likeness (QED) is 0.464. The summed E-state index contributed by atoms with van der Waals surface area (Å²) in [5.41, 5.74) is 4.63. The van der Waals surface area contributed by atoms with Crippen LogP contribution in [0.1, 0.15) is 40.4 Å². The minimum Gasteiger partial charge on any atom is -0.495 e. The number of ether oxygens (including phenoxy) is 1. The molecule has 174 valence electrons. The van der Waals surface area contributed by atoms with Gasteiger partial charge >= 0.3 is 0 Å². The first kappa shape index (κ1) is 24.3. The summed E-state index contributed by atoms with van der Waals surface area (Å²) in [6.07, 6.45) is 0.533. The minimum absolute atomic E-state index is 0.0688. The minimum atomic E-state index is -3.49. The Kier molecular flexibility index (Phi) is 7.76. The van der Waals surface area contributed by atoms with E-state index in [0.717, 1.165) is 16.7 Å². The van der Waals surface area contributed by atoms with E-state index in [9.17, 15) is 13.2 Å². The molecule has 0 spiro atoms. The predicted molar refractivity (Wildman–Crippen MR) is 134 cm³/mol. The summed E-state index contributed by atoms with van der Waals surface area (Å²) in [4.78, 5) is 12.7. The number of para-hydroxylation sites is 2. The third kappa shape index (κ3) is 5.93. The van der Waals surface area contributed by atoms with E-state index in [4.69, 9.17) is 4.74 Å². The number of carbonyl (C=O) groups excluding carboxylic acids is 1. The lowest BCUT2D eigenvalue weighted by atomic mass is 10.1. The molecule has 0 saturated heterocycles. The maximum absolute atomic E-state index is 13.0. The molecule has 6 nitrogen and oxygen atoms in total. The Hall–Kier alpha value is -3.32. The normalized spacial score (nSPS) is 11.2. The first-order chi connectivity index (χ1) is 15.7. The third-order valence-corrected chi connectivity index (χ3v) is 7.41. The molecule has 0 saturated carbocycles. The smallest absolute Gasteiger partial charge is 0.255 e. The maximum atomic E-state index is 13.0. The first-order valence-electron chi connectivity index (χ1n) is 10.9. The molecule has 0 fully saturated rings. The van der Waals surface area contributed by atoms with E-state index >= 15 is 0 Å². The Labute approximate surface area is 196 Å². The molecule has 0 unspecified atom stereocenters. The molecule has 1 amide bonds. The molecule has 3 aromatic rings. The molecule has 0 bridgehead atoms. The molecular formula is C26H30N2O4S. The number of amides is 1. The van der Waals surface area contributed by atoms with E-state index in [1.807, 2.05) is 51.1 Å². The summed E-state index contributed by atoms with van der Waals surface area (Å²) in [6, 6.07) is 19.8. The Morgan fingerprint density at radius 3 is 2.30 bits per heavy atom. The molecule has 0 atom stereocenters. The number of aryl methyl sites for hydroxylation is 2. The fourth-order valence-electron chi connectivity index (χ4n) is 3.47. The third-order valence-electron chi connectivity index (χ3n) is 5.47. The summed E-state index contributed by atoms with van der Waals surface area (Å²) in [5.74, 6) is 0.377. The van der Waals surface area contributed by atoms with E-state index in [0.29, 0.717) is 29.1 Å². The zero-order chi connectivity index (χ0) is 24.0. The monoisotopic (exact) mass is 466 g/mol. The SMILES string of the molecule is CCCS(=O)(=O)N(Cc1ccc(C(=O)Nc2ccccc2OC)cc1)c1ccc(C)c(C)c1. The predicted octanol–water partition coefficient (Wildman–Crippen LogP) is 5.31. The molecule has 0 aliphatic carbocycles. The van der Waals surface area contributed by atoms with Gasteiger partial charge in [-0.05, 0) is 73.4 Å². The second-order valence-electron chi connectivity index (χ2n) is 7.94. The Bertz CT molecular complexity index is 1220. The zero-order valence-corrected chi connectivity index (χ0v) is 20.3. The van der Waals surface area contributed by atoms with Crippen LogP contribution < -0.4 is 14.4 Å². The van der Waals surface area contributed by atoms with Crippen molar-refractivity contribution in [2.24, 2.45) is 0 Å². The lowest BCUT2D eigenvalue weighted by Crippen LogP contribution is -2.32. The van der Waals surface area contributed by atoms with E-state index in [1.54, 1.807) is 43.5 Å². The first-order valence-corrected chi connectivity index (χ1v) is 12.5. The molecule has 0 aliphatic heterocycles. The average Bonchev–Trinajstić information content (AvgIpc) is 2.80. The second-order valence-corrected chi connectivity index (χ2v) is 9.96. The number of hydrogen-bond donors (Lipinski definition) is 1. The molecule has 0 aliphatic rings. The van der Waals surface area contributed by atoms with Gasteiger partial charge in [0.2, 0.25) is 10.0 Å². The van der Waals surface area contributed by atoms with Gasteiger partial charge in [-0.25, -0.2) is 8.42 Å². The highest BCUT2D eigenvalue weighted by Crippen LogP contribution is 2.26. The molecule has 0 aromatic heterocycles. The molecule has 0 heterocycles. The van der Waals surface area contributed by atoms with E-state index < -0.39 is 10.0 Å². The fourth-order valence-corrected chi connectivity index (χ4v) is 4.99. The van der Waals surface area contributed by atoms with Crippen LogP contribution in [0.5, 0.6) is 5.75 Å². The van der Waals surface area contributed by atoms with Gasteiger partial charge in [0.25, 0.3) is 5.91 Å². The molecular weight excluding hydrogens is 436 g/mol. The van der Waals surface area contributed by atoms with Gasteiger partial charge in [0.05, 0.1) is 30.8 Å². The molecule has 7 heteroatoms. The van der Waals surface area contributed by atoms with Crippen molar-refractivity contribution in [2.75, 3.05) is 22.5 Å². The van der Waals surface area contributed by atoms with Crippen molar-refractivity contribution in [1.82, 2.24) is 0 Å². The van der Waals surface area contributed by atoms with Crippen LogP contribution in [0.4, 0.5) is 11.4 Å². The Balaban J connectivity index is 1.82. The summed E-state index contributed by atoms with van der Waals surface area (Å²) in [5, 5.41) is 2.85. The van der Waals surface area contributed by atoms with Crippen molar-refractivity contribution in [3.63, 3.8) is 0 Å². The lowest BCUT2D eigenvalue weighted by molar-refractivity contribution is 0.102. The summed E-state index contributed by atoms with van der Waals surface area (Å²) >= 11 is 0. The highest BCUT2D eigenvalue weighted by Gasteiger charge is 2.22. The van der Waals surface area contributed by atoms with Crippen molar-refractivity contribution in [2.45, 2.75) is 33.7 Å². The standard InChI is InChI=1S/C26H30N2O4S/c1-5-16-33(30,31)28(23-15-10-19(2)20(3)17-23)18-21-11-13-22(14-12-21)26(29)27-24-8-6-7-9-25(24)32-4/h6-15,17H,5,16,18H2,1-4H3,(H,27,29). The number of nitrogens with zero attached hydrogens (tertiary/aromatic N) is 1. The number of carbonyl (C=O) groups is 1. The van der Waals surface area contributed by atoms with Gasteiger partial charge in [-0.1, -0.05) is 37.3 Å². The number of methoxy groups -OCH3 is 1. The largest absolute Gasteiger partial charge is 0.495 e. The number of rotatable bonds is 9. The topological polar surface area (TPSA) is 75.7 Å². The summed E-state index contributed by atoms with van der Waals surface area (Å²) < 4.78 is 32.8. The van der Waals surface area contributed by atoms with Gasteiger partial charge in [-0.2, -0.15) is 0 Å². The van der Waals surface area contributed by atoms with E-state index in [1.165, 1.54) is 4.31 Å². The number of sulfonamides is 1. The van der Waals surface area contributed by atoms with Crippen LogP contribution in [0.25, 0.3) is 0 Å². The van der Waals surface area contributed by atoms with Crippen molar-refractivity contribution >= 4 is 27.3 Å². The zero-order valence-electron chi connectivity index (χ0n) is 19.5. The molecule has 0 radical (unpaired) electrons. The summed E-state index contributed by atoms with van der Waals surface area (Å²) in [7, 11) is -1.94. The van der Waals surface area contributed by atoms with Crippen LogP contribution in [0, 0.1) is 13.8 Å². The van der Waals surface area contributed by atoms with Crippen LogP contribution >= 0.6 is 0 Å². The van der Waals surface area contributed by atoms with Crippen molar-refractivity contribution in [1.29, 1.82) is 0 Å². The highest BCUT2D eigenvalue weighted by atomic mass is 32.2. The maximum Gasteiger partial charge on any atom is 0.255 e. The number of hydrogen-bond acceptors (Lipinski definition) is 4. The van der Waals surface area contributed by atoms with Crippen LogP contribution in [-0.4, -0.2) is 27.2 Å². The Morgan fingerprint density at radius 2 is 1.67 bits per heavy atom. The van der Waals surface area contributed by atoms with Gasteiger partial charge in [-0.15, -0.1) is 0 Å². The van der Waals surface area contributed by atoms with Gasteiger partial charge in [-0.3, -0.25) is 9.10 Å². The average molecular weight is 467 g/mol. The van der Waals surface area contributed by atoms with Gasteiger partial charge in [0.15, 0.2) is 0 Å². The fraction of sp³-hybridized carbons (Fsp3) is 0.269. The highest BCUT2D eigenvalue weighted by molar-refractivity contribution is 7.92. The second kappa shape index (κ2) is 10.5. The van der Waals surface area contributed by atoms with Crippen LogP contribution in [0.3, 0.4) is 0 Å². The van der Waals surface area contributed by atoms with Crippen molar-refractivity contribution in [3.05, 3.63) is 89.0 Å². The van der Waals surface area contributed by atoms with E-state index in [-0.39, 0.29) is 18.2 Å². The van der Waals surface area contributed by atoms with E-state index in [2.05, 4.69) is 5.32 Å². The lowest BCUT2D eigenvalue weighted by Gasteiger charge is -2.25. The molecule has 33 heavy (non-hydrogen) atoms. The number of benzene rings is 3. The number of nitrogens with one attached hydrogen (secondary N) is 1. The summed E-state index contributed by atoms with van der Waals surface area (Å²) in [6.45, 7) is 6.02. The molecule has 3 aromatic carbocycles. The van der Waals surface area contributed by atoms with Crippen LogP contribution in [0.2, 0.25) is 0 Å².